The van der Waals surface area contributed by atoms with Crippen LogP contribution >= 0.6 is 0 Å². The van der Waals surface area contributed by atoms with E-state index in [1.54, 1.807) is 0 Å². The fourth-order valence-corrected chi connectivity index (χ4v) is 9.25. The molecule has 0 aliphatic rings. The van der Waals surface area contributed by atoms with E-state index in [0.717, 1.165) is 83.5 Å². The maximum atomic E-state index is 12.9. The second-order valence-corrected chi connectivity index (χ2v) is 21.3. The lowest BCUT2D eigenvalue weighted by Gasteiger charge is -2.18. The standard InChI is InChI=1S/C67H120O6/c1-4-7-10-13-16-18-20-22-24-26-28-30-32-33-35-36-38-40-42-44-46-48-51-54-57-60-66(69)72-63-64(62-71-65(68)59-56-53-50-15-12-9-6-3)73-67(70)61-58-55-52-49-47-45-43-41-39-37-34-31-29-27-25-23-21-19-17-14-11-8-5-2/h7,10,16,18,22,24,27-30,64H,4-6,8-9,11-15,17,19-21,23,25-26,31-63H2,1-3H3/b10-7-,18-16-,24-22-,29-27-,30-28-. The van der Waals surface area contributed by atoms with Crippen molar-refractivity contribution in [1.82, 2.24) is 0 Å². The van der Waals surface area contributed by atoms with Gasteiger partial charge in [-0.1, -0.05) is 287 Å². The van der Waals surface area contributed by atoms with E-state index < -0.39 is 6.10 Å². The molecule has 0 radical (unpaired) electrons. The quantitative estimate of drug-likeness (QED) is 0.0261. The number of rotatable bonds is 58. The van der Waals surface area contributed by atoms with Crippen molar-refractivity contribution >= 4 is 17.9 Å². The van der Waals surface area contributed by atoms with Crippen molar-refractivity contribution in [2.75, 3.05) is 13.2 Å². The first kappa shape index (κ1) is 70.1. The fourth-order valence-electron chi connectivity index (χ4n) is 9.25. The van der Waals surface area contributed by atoms with Crippen LogP contribution in [0.4, 0.5) is 0 Å². The maximum Gasteiger partial charge on any atom is 0.306 e. The molecule has 424 valence electrons. The summed E-state index contributed by atoms with van der Waals surface area (Å²) in [4.78, 5) is 38.1. The third-order valence-corrected chi connectivity index (χ3v) is 14.0. The highest BCUT2D eigenvalue weighted by atomic mass is 16.6. The van der Waals surface area contributed by atoms with Crippen LogP contribution in [0.2, 0.25) is 0 Å². The van der Waals surface area contributed by atoms with Crippen LogP contribution in [0.15, 0.2) is 60.8 Å². The first-order valence-corrected chi connectivity index (χ1v) is 31.8. The van der Waals surface area contributed by atoms with Gasteiger partial charge < -0.3 is 14.2 Å². The summed E-state index contributed by atoms with van der Waals surface area (Å²) in [7, 11) is 0. The summed E-state index contributed by atoms with van der Waals surface area (Å²) >= 11 is 0. The van der Waals surface area contributed by atoms with Gasteiger partial charge in [0.2, 0.25) is 0 Å². The van der Waals surface area contributed by atoms with Gasteiger partial charge in [0, 0.05) is 19.3 Å². The molecule has 0 saturated heterocycles. The van der Waals surface area contributed by atoms with Crippen LogP contribution in [-0.2, 0) is 28.6 Å². The zero-order chi connectivity index (χ0) is 52.9. The molecule has 73 heavy (non-hydrogen) atoms. The molecule has 0 aliphatic carbocycles. The number of carbonyl (C=O) groups excluding carboxylic acids is 3. The van der Waals surface area contributed by atoms with Gasteiger partial charge in [0.05, 0.1) is 0 Å². The number of hydrogen-bond donors (Lipinski definition) is 0. The van der Waals surface area contributed by atoms with Crippen molar-refractivity contribution in [2.24, 2.45) is 0 Å². The SMILES string of the molecule is CC/C=C\C/C=C\C/C=C\C/C=C\CCCCCCCCCCCCCCC(=O)OCC(COC(=O)CCCCCCCCC)OC(=O)CCCCCCCCCCCCC/C=C\CCCCCCCCCC. The van der Waals surface area contributed by atoms with Crippen molar-refractivity contribution in [3.8, 4) is 0 Å². The number of ether oxygens (including phenoxy) is 3. The molecular formula is C67H120O6. The molecule has 0 fully saturated rings. The number of unbranched alkanes of at least 4 members (excludes halogenated alkanes) is 37. The van der Waals surface area contributed by atoms with E-state index in [4.69, 9.17) is 14.2 Å². The van der Waals surface area contributed by atoms with Gasteiger partial charge in [-0.15, -0.1) is 0 Å². The van der Waals surface area contributed by atoms with Crippen LogP contribution in [0.5, 0.6) is 0 Å². The summed E-state index contributed by atoms with van der Waals surface area (Å²) in [5, 5.41) is 0. The van der Waals surface area contributed by atoms with Crippen molar-refractivity contribution in [1.29, 1.82) is 0 Å². The predicted octanol–water partition coefficient (Wildman–Crippen LogP) is 21.6. The van der Waals surface area contributed by atoms with Crippen LogP contribution < -0.4 is 0 Å². The molecular weight excluding hydrogens is 901 g/mol. The molecule has 0 aromatic carbocycles. The summed E-state index contributed by atoms with van der Waals surface area (Å²) in [6.45, 7) is 6.52. The minimum absolute atomic E-state index is 0.0719. The van der Waals surface area contributed by atoms with Crippen LogP contribution in [0.1, 0.15) is 329 Å². The minimum Gasteiger partial charge on any atom is -0.462 e. The van der Waals surface area contributed by atoms with Crippen LogP contribution in [0.3, 0.4) is 0 Å². The summed E-state index contributed by atoms with van der Waals surface area (Å²) in [6, 6.07) is 0. The van der Waals surface area contributed by atoms with Gasteiger partial charge >= 0.3 is 17.9 Å². The van der Waals surface area contributed by atoms with Gasteiger partial charge in [-0.25, -0.2) is 0 Å². The van der Waals surface area contributed by atoms with Gasteiger partial charge in [-0.3, -0.25) is 14.4 Å². The van der Waals surface area contributed by atoms with Gasteiger partial charge in [0.25, 0.3) is 0 Å². The number of hydrogen-bond acceptors (Lipinski definition) is 6. The van der Waals surface area contributed by atoms with Crippen LogP contribution in [0.25, 0.3) is 0 Å². The first-order valence-electron chi connectivity index (χ1n) is 31.8. The molecule has 1 atom stereocenters. The largest absolute Gasteiger partial charge is 0.462 e. The first-order chi connectivity index (χ1) is 36.0. The van der Waals surface area contributed by atoms with E-state index in [1.165, 1.54) is 205 Å². The van der Waals surface area contributed by atoms with Crippen LogP contribution in [0, 0.1) is 0 Å². The highest BCUT2D eigenvalue weighted by molar-refractivity contribution is 5.71. The maximum absolute atomic E-state index is 12.9. The zero-order valence-electron chi connectivity index (χ0n) is 48.7. The third kappa shape index (κ3) is 59.9. The molecule has 0 amide bonds. The van der Waals surface area contributed by atoms with Gasteiger partial charge in [0.15, 0.2) is 6.10 Å². The van der Waals surface area contributed by atoms with E-state index in [9.17, 15) is 14.4 Å². The Bertz CT molecular complexity index is 1310. The molecule has 6 heteroatoms. The summed E-state index contributed by atoms with van der Waals surface area (Å²) in [5.41, 5.74) is 0. The lowest BCUT2D eigenvalue weighted by atomic mass is 10.0. The molecule has 0 aromatic rings. The van der Waals surface area contributed by atoms with E-state index in [2.05, 4.69) is 81.5 Å². The topological polar surface area (TPSA) is 78.9 Å². The Kier molecular flexibility index (Phi) is 59.2. The molecule has 0 spiro atoms. The second kappa shape index (κ2) is 61.7. The Morgan fingerprint density at radius 2 is 0.534 bits per heavy atom. The lowest BCUT2D eigenvalue weighted by Crippen LogP contribution is -2.30. The molecule has 0 rings (SSSR count). The molecule has 0 aromatic heterocycles. The van der Waals surface area contributed by atoms with Gasteiger partial charge in [-0.2, -0.15) is 0 Å². The zero-order valence-corrected chi connectivity index (χ0v) is 48.7. The van der Waals surface area contributed by atoms with E-state index >= 15 is 0 Å². The average Bonchev–Trinajstić information content (AvgIpc) is 3.39. The molecule has 6 nitrogen and oxygen atoms in total. The summed E-state index contributed by atoms with van der Waals surface area (Å²) < 4.78 is 16.8. The predicted molar refractivity (Wildman–Crippen MR) is 316 cm³/mol. The van der Waals surface area contributed by atoms with Crippen molar-refractivity contribution < 1.29 is 28.6 Å². The van der Waals surface area contributed by atoms with E-state index in [1.807, 2.05) is 0 Å². The Morgan fingerprint density at radius 1 is 0.288 bits per heavy atom. The van der Waals surface area contributed by atoms with Crippen molar-refractivity contribution in [3.05, 3.63) is 60.8 Å². The normalized spacial score (nSPS) is 12.4. The fraction of sp³-hybridized carbons (Fsp3) is 0.806. The highest BCUT2D eigenvalue weighted by Gasteiger charge is 2.19. The Hall–Kier alpha value is -2.89. The minimum atomic E-state index is -0.772. The summed E-state index contributed by atoms with van der Waals surface area (Å²) in [5.74, 6) is -0.866. The smallest absolute Gasteiger partial charge is 0.306 e. The lowest BCUT2D eigenvalue weighted by molar-refractivity contribution is -0.167. The van der Waals surface area contributed by atoms with Crippen LogP contribution in [-0.4, -0.2) is 37.2 Å². The van der Waals surface area contributed by atoms with Gasteiger partial charge in [-0.05, 0) is 83.5 Å². The average molecular weight is 1020 g/mol. The third-order valence-electron chi connectivity index (χ3n) is 14.0. The van der Waals surface area contributed by atoms with E-state index in [0.29, 0.717) is 19.3 Å². The Morgan fingerprint density at radius 3 is 0.849 bits per heavy atom. The second-order valence-electron chi connectivity index (χ2n) is 21.3. The van der Waals surface area contributed by atoms with Gasteiger partial charge in [0.1, 0.15) is 13.2 Å². The molecule has 0 heterocycles. The molecule has 1 unspecified atom stereocenters. The molecule has 0 aliphatic heterocycles. The number of allylic oxidation sites excluding steroid dienone is 10. The number of carbonyl (C=O) groups is 3. The van der Waals surface area contributed by atoms with Crippen molar-refractivity contribution in [3.63, 3.8) is 0 Å². The highest BCUT2D eigenvalue weighted by Crippen LogP contribution is 2.17. The Balaban J connectivity index is 4.11. The molecule has 0 bridgehead atoms. The Labute approximate surface area is 453 Å². The molecule has 0 N–H and O–H groups in total. The monoisotopic (exact) mass is 1020 g/mol. The van der Waals surface area contributed by atoms with E-state index in [-0.39, 0.29) is 31.1 Å². The number of esters is 3. The van der Waals surface area contributed by atoms with Crippen molar-refractivity contribution in [2.45, 2.75) is 335 Å². The molecule has 0 saturated carbocycles. The summed E-state index contributed by atoms with van der Waals surface area (Å²) in [6.07, 6.45) is 78.3.